The molecule has 1 rings (SSSR count). The van der Waals surface area contributed by atoms with E-state index in [0.717, 1.165) is 18.2 Å². The Labute approximate surface area is 85.9 Å². The van der Waals surface area contributed by atoms with E-state index in [1.165, 1.54) is 6.07 Å². The Morgan fingerprint density at radius 3 is 2.36 bits per heavy atom. The molecule has 8 heteroatoms. The lowest BCUT2D eigenvalue weighted by atomic mass is 10.3. The van der Waals surface area contributed by atoms with Gasteiger partial charge in [-0.15, -0.1) is 12.4 Å². The molecule has 78 valence electrons. The summed E-state index contributed by atoms with van der Waals surface area (Å²) in [6, 6.07) is 4.17. The summed E-state index contributed by atoms with van der Waals surface area (Å²) in [5, 5.41) is 10.2. The van der Waals surface area contributed by atoms with Crippen molar-refractivity contribution < 1.29 is 17.9 Å². The van der Waals surface area contributed by atoms with Gasteiger partial charge in [0.15, 0.2) is 0 Å². The molecule has 0 unspecified atom stereocenters. The van der Waals surface area contributed by atoms with Gasteiger partial charge in [0.25, 0.3) is 15.8 Å². The zero-order valence-corrected chi connectivity index (χ0v) is 8.29. The zero-order chi connectivity index (χ0) is 10.1. The van der Waals surface area contributed by atoms with Crippen molar-refractivity contribution in [2.24, 2.45) is 0 Å². The summed E-state index contributed by atoms with van der Waals surface area (Å²) in [5.41, 5.74) is -0.380. The highest BCUT2D eigenvalue weighted by Gasteiger charge is 2.13. The lowest BCUT2D eigenvalue weighted by molar-refractivity contribution is -0.385. The third-order valence-corrected chi connectivity index (χ3v) is 2.18. The van der Waals surface area contributed by atoms with Crippen molar-refractivity contribution in [1.29, 1.82) is 0 Å². The summed E-state index contributed by atoms with van der Waals surface area (Å²) in [7, 11) is -4.36. The number of benzene rings is 1. The molecule has 0 spiro atoms. The quantitative estimate of drug-likeness (QED) is 0.476. The lowest BCUT2D eigenvalue weighted by Crippen LogP contribution is -1.98. The predicted octanol–water partition coefficient (Wildman–Crippen LogP) is 1.26. The second-order valence-electron chi connectivity index (χ2n) is 2.23. The van der Waals surface area contributed by atoms with Crippen LogP contribution in [0, 0.1) is 10.1 Å². The van der Waals surface area contributed by atoms with Crippen LogP contribution in [0.15, 0.2) is 29.2 Å². The number of nitrogens with zero attached hydrogens (tertiary/aromatic N) is 1. The van der Waals surface area contributed by atoms with Crippen molar-refractivity contribution in [3.8, 4) is 0 Å². The lowest BCUT2D eigenvalue weighted by Gasteiger charge is -1.95. The largest absolute Gasteiger partial charge is 0.294 e. The molecule has 0 aliphatic heterocycles. The number of halogens is 1. The first-order valence-electron chi connectivity index (χ1n) is 3.13. The van der Waals surface area contributed by atoms with Gasteiger partial charge in [-0.1, -0.05) is 6.07 Å². The second kappa shape index (κ2) is 4.36. The predicted molar refractivity (Wildman–Crippen MR) is 50.2 cm³/mol. The van der Waals surface area contributed by atoms with Gasteiger partial charge in [-0.25, -0.2) is 0 Å². The molecule has 0 aliphatic rings. The molecule has 1 aromatic carbocycles. The molecule has 0 aromatic heterocycles. The Bertz CT molecular complexity index is 443. The molecule has 1 aromatic rings. The molecule has 0 saturated heterocycles. The first-order valence-corrected chi connectivity index (χ1v) is 4.57. The van der Waals surface area contributed by atoms with E-state index < -0.39 is 19.9 Å². The smallest absolute Gasteiger partial charge is 0.282 e. The second-order valence-corrected chi connectivity index (χ2v) is 3.65. The number of hydrogen-bond donors (Lipinski definition) is 1. The maximum atomic E-state index is 10.5. The number of nitro groups is 1. The Kier molecular flexibility index (Phi) is 3.99. The molecule has 1 N–H and O–H groups in total. The van der Waals surface area contributed by atoms with Gasteiger partial charge in [0, 0.05) is 12.1 Å². The molecule has 0 saturated carbocycles. The molecule has 6 nitrogen and oxygen atoms in total. The van der Waals surface area contributed by atoms with Gasteiger partial charge in [0.05, 0.1) is 4.92 Å². The molecule has 0 radical (unpaired) electrons. The molecule has 0 bridgehead atoms. The van der Waals surface area contributed by atoms with Crippen LogP contribution in [0.4, 0.5) is 5.69 Å². The fraction of sp³-hybridized carbons (Fsp3) is 0. The van der Waals surface area contributed by atoms with Crippen molar-refractivity contribution in [2.75, 3.05) is 0 Å². The van der Waals surface area contributed by atoms with Crippen LogP contribution in [0.25, 0.3) is 0 Å². The maximum Gasteiger partial charge on any atom is 0.294 e. The Morgan fingerprint density at radius 1 is 1.36 bits per heavy atom. The van der Waals surface area contributed by atoms with E-state index in [-0.39, 0.29) is 18.1 Å². The van der Waals surface area contributed by atoms with E-state index in [1.54, 1.807) is 0 Å². The van der Waals surface area contributed by atoms with Crippen LogP contribution in [0.5, 0.6) is 0 Å². The van der Waals surface area contributed by atoms with Crippen LogP contribution in [0.1, 0.15) is 0 Å². The average Bonchev–Trinajstić information content (AvgIpc) is 2.03. The van der Waals surface area contributed by atoms with E-state index in [1.807, 2.05) is 0 Å². The van der Waals surface area contributed by atoms with Crippen molar-refractivity contribution >= 4 is 28.2 Å². The van der Waals surface area contributed by atoms with Gasteiger partial charge in [0.2, 0.25) is 0 Å². The van der Waals surface area contributed by atoms with Gasteiger partial charge in [-0.2, -0.15) is 8.42 Å². The van der Waals surface area contributed by atoms with Gasteiger partial charge >= 0.3 is 0 Å². The van der Waals surface area contributed by atoms with Gasteiger partial charge < -0.3 is 0 Å². The SMILES string of the molecule is Cl.O=[N+]([O-])c1cccc(S(=O)(=O)O)c1. The molecule has 0 atom stereocenters. The van der Waals surface area contributed by atoms with E-state index >= 15 is 0 Å². The molecule has 0 heterocycles. The minimum absolute atomic E-state index is 0. The number of nitro benzene ring substituents is 1. The first kappa shape index (κ1) is 12.8. The number of non-ortho nitro benzene ring substituents is 1. The van der Waals surface area contributed by atoms with Gasteiger partial charge in [-0.3, -0.25) is 14.7 Å². The molecule has 0 aliphatic carbocycles. The highest BCUT2D eigenvalue weighted by Crippen LogP contribution is 2.16. The summed E-state index contributed by atoms with van der Waals surface area (Å²) in [5.74, 6) is 0. The molecule has 0 amide bonds. The zero-order valence-electron chi connectivity index (χ0n) is 6.65. The fourth-order valence-electron chi connectivity index (χ4n) is 0.758. The number of rotatable bonds is 2. The summed E-state index contributed by atoms with van der Waals surface area (Å²) >= 11 is 0. The van der Waals surface area contributed by atoms with Gasteiger partial charge in [0.1, 0.15) is 4.90 Å². The normalized spacial score (nSPS) is 10.4. The van der Waals surface area contributed by atoms with Crippen LogP contribution in [-0.4, -0.2) is 17.9 Å². The monoisotopic (exact) mass is 239 g/mol. The van der Waals surface area contributed by atoms with Crippen molar-refractivity contribution in [3.63, 3.8) is 0 Å². The maximum absolute atomic E-state index is 10.5. The first-order chi connectivity index (χ1) is 5.91. The Hall–Kier alpha value is -1.18. The van der Waals surface area contributed by atoms with E-state index in [0.29, 0.717) is 0 Å². The Balaban J connectivity index is 0.00000169. The highest BCUT2D eigenvalue weighted by atomic mass is 35.5. The van der Waals surface area contributed by atoms with E-state index in [9.17, 15) is 18.5 Å². The standard InChI is InChI=1S/C6H5NO5S.ClH/c8-7(9)5-2-1-3-6(4-5)13(10,11)12;/h1-4H,(H,10,11,12);1H. The van der Waals surface area contributed by atoms with Gasteiger partial charge in [-0.05, 0) is 6.07 Å². The molecule has 0 fully saturated rings. The minimum Gasteiger partial charge on any atom is -0.282 e. The van der Waals surface area contributed by atoms with E-state index in [4.69, 9.17) is 4.55 Å². The summed E-state index contributed by atoms with van der Waals surface area (Å²) < 4.78 is 29.6. The third kappa shape index (κ3) is 2.95. The fourth-order valence-corrected chi connectivity index (χ4v) is 1.28. The van der Waals surface area contributed by atoms with Crippen molar-refractivity contribution in [3.05, 3.63) is 34.4 Å². The van der Waals surface area contributed by atoms with Crippen LogP contribution in [0.3, 0.4) is 0 Å². The van der Waals surface area contributed by atoms with Crippen LogP contribution in [-0.2, 0) is 10.1 Å². The van der Waals surface area contributed by atoms with E-state index in [2.05, 4.69) is 0 Å². The van der Waals surface area contributed by atoms with Crippen LogP contribution in [0.2, 0.25) is 0 Å². The molecular weight excluding hydrogens is 234 g/mol. The average molecular weight is 240 g/mol. The third-order valence-electron chi connectivity index (χ3n) is 1.33. The molecule has 14 heavy (non-hydrogen) atoms. The van der Waals surface area contributed by atoms with Crippen LogP contribution >= 0.6 is 12.4 Å². The van der Waals surface area contributed by atoms with Crippen LogP contribution < -0.4 is 0 Å². The molecular formula is C6H6ClNO5S. The van der Waals surface area contributed by atoms with Crippen molar-refractivity contribution in [1.82, 2.24) is 0 Å². The summed E-state index contributed by atoms with van der Waals surface area (Å²) in [6.07, 6.45) is 0. The van der Waals surface area contributed by atoms with Crippen molar-refractivity contribution in [2.45, 2.75) is 4.90 Å². The minimum atomic E-state index is -4.36. The number of hydrogen-bond acceptors (Lipinski definition) is 4. The summed E-state index contributed by atoms with van der Waals surface area (Å²) in [4.78, 5) is 8.98. The highest BCUT2D eigenvalue weighted by molar-refractivity contribution is 7.85. The summed E-state index contributed by atoms with van der Waals surface area (Å²) in [6.45, 7) is 0. The Morgan fingerprint density at radius 2 is 1.93 bits per heavy atom. The topological polar surface area (TPSA) is 97.5 Å².